The fraction of sp³-hybridized carbons (Fsp3) is 0.300. The number of halogens is 1. The maximum atomic E-state index is 13.1. The van der Waals surface area contributed by atoms with Gasteiger partial charge in [-0.05, 0) is 36.6 Å². The number of hydrogen-bond acceptors (Lipinski definition) is 4. The van der Waals surface area contributed by atoms with Crippen LogP contribution in [-0.4, -0.2) is 28.0 Å². The summed E-state index contributed by atoms with van der Waals surface area (Å²) in [6, 6.07) is 6.35. The molecular weight excluding hydrogens is 315 g/mol. The third-order valence-corrected chi connectivity index (χ3v) is 4.75. The van der Waals surface area contributed by atoms with Crippen LogP contribution in [0.2, 0.25) is 0 Å². The highest BCUT2D eigenvalue weighted by atomic mass is 19.1. The highest BCUT2D eigenvalue weighted by Crippen LogP contribution is 2.27. The third kappa shape index (κ3) is 3.77. The van der Waals surface area contributed by atoms with Crippen molar-refractivity contribution in [1.29, 1.82) is 0 Å². The number of aromatic nitrogens is 2. The number of anilines is 2. The van der Waals surface area contributed by atoms with Gasteiger partial charge in [0.25, 0.3) is 0 Å². The van der Waals surface area contributed by atoms with Gasteiger partial charge in [-0.2, -0.15) is 0 Å². The number of rotatable bonds is 4. The molecule has 0 spiro atoms. The van der Waals surface area contributed by atoms with Crippen LogP contribution in [0, 0.1) is 11.7 Å². The molecule has 4 nitrogen and oxygen atoms in total. The van der Waals surface area contributed by atoms with E-state index in [1.807, 2.05) is 0 Å². The van der Waals surface area contributed by atoms with Gasteiger partial charge >= 0.3 is 0 Å². The second-order valence-electron chi connectivity index (χ2n) is 6.57. The molecule has 4 rings (SSSR count). The van der Waals surface area contributed by atoms with Crippen LogP contribution in [0.1, 0.15) is 17.7 Å². The summed E-state index contributed by atoms with van der Waals surface area (Å²) in [5.74, 6) is 1.15. The molecule has 1 unspecified atom stereocenters. The first-order valence-corrected chi connectivity index (χ1v) is 8.69. The van der Waals surface area contributed by atoms with Gasteiger partial charge in [0.2, 0.25) is 0 Å². The van der Waals surface area contributed by atoms with Crippen LogP contribution >= 0.6 is 0 Å². The lowest BCUT2D eigenvalue weighted by Gasteiger charge is -2.31. The lowest BCUT2D eigenvalue weighted by molar-refractivity contribution is 0.228. The topological polar surface area (TPSA) is 41.1 Å². The Bertz CT molecular complexity index is 798. The van der Waals surface area contributed by atoms with Crippen LogP contribution in [0.15, 0.2) is 54.9 Å². The van der Waals surface area contributed by atoms with Crippen LogP contribution < -0.4 is 5.32 Å². The van der Waals surface area contributed by atoms with Crippen molar-refractivity contribution in [2.45, 2.75) is 19.4 Å². The molecule has 2 aliphatic rings. The first-order valence-electron chi connectivity index (χ1n) is 8.69. The molecule has 1 aliphatic heterocycles. The molecule has 1 atom stereocenters. The minimum atomic E-state index is -0.240. The van der Waals surface area contributed by atoms with Crippen LogP contribution in [0.5, 0.6) is 0 Å². The third-order valence-electron chi connectivity index (χ3n) is 4.75. The van der Waals surface area contributed by atoms with Crippen molar-refractivity contribution in [2.24, 2.45) is 5.92 Å². The van der Waals surface area contributed by atoms with Crippen molar-refractivity contribution in [2.75, 3.05) is 18.4 Å². The van der Waals surface area contributed by atoms with Crippen molar-refractivity contribution in [3.8, 4) is 0 Å². The minimum Gasteiger partial charge on any atom is -0.340 e. The molecule has 0 saturated carbocycles. The lowest BCUT2D eigenvalue weighted by atomic mass is 9.98. The Morgan fingerprint density at radius 2 is 2.04 bits per heavy atom. The minimum absolute atomic E-state index is 0.240. The van der Waals surface area contributed by atoms with E-state index in [0.29, 0.717) is 5.92 Å². The van der Waals surface area contributed by atoms with Crippen LogP contribution in [0.25, 0.3) is 0 Å². The summed E-state index contributed by atoms with van der Waals surface area (Å²) in [6.45, 7) is 2.91. The van der Waals surface area contributed by atoms with Crippen molar-refractivity contribution < 1.29 is 4.39 Å². The van der Waals surface area contributed by atoms with Gasteiger partial charge in [0.05, 0.1) is 5.69 Å². The van der Waals surface area contributed by atoms with E-state index in [-0.39, 0.29) is 5.82 Å². The van der Waals surface area contributed by atoms with E-state index in [4.69, 9.17) is 0 Å². The Morgan fingerprint density at radius 1 is 1.16 bits per heavy atom. The molecule has 2 heterocycles. The Kier molecular flexibility index (Phi) is 4.57. The van der Waals surface area contributed by atoms with Gasteiger partial charge in [0.15, 0.2) is 0 Å². The normalized spacial score (nSPS) is 19.6. The number of nitrogens with one attached hydrogen (secondary N) is 1. The lowest BCUT2D eigenvalue weighted by Crippen LogP contribution is -2.35. The molecule has 25 heavy (non-hydrogen) atoms. The molecule has 0 amide bonds. The molecule has 1 aliphatic carbocycles. The molecule has 5 heteroatoms. The van der Waals surface area contributed by atoms with Crippen LogP contribution in [0.3, 0.4) is 0 Å². The second-order valence-corrected chi connectivity index (χ2v) is 6.57. The van der Waals surface area contributed by atoms with Crippen LogP contribution in [0.4, 0.5) is 15.9 Å². The van der Waals surface area contributed by atoms with Gasteiger partial charge in [-0.15, -0.1) is 0 Å². The Hall–Kier alpha value is -2.53. The summed E-state index contributed by atoms with van der Waals surface area (Å²) in [4.78, 5) is 11.3. The van der Waals surface area contributed by atoms with Gasteiger partial charge in [-0.3, -0.25) is 4.90 Å². The first-order chi connectivity index (χ1) is 12.3. The van der Waals surface area contributed by atoms with E-state index < -0.39 is 0 Å². The van der Waals surface area contributed by atoms with E-state index in [2.05, 4.69) is 44.5 Å². The average molecular weight is 336 g/mol. The Balaban J connectivity index is 1.51. The van der Waals surface area contributed by atoms with E-state index >= 15 is 0 Å². The number of nitrogens with zero attached hydrogens (tertiary/aromatic N) is 3. The van der Waals surface area contributed by atoms with Crippen molar-refractivity contribution >= 4 is 11.5 Å². The van der Waals surface area contributed by atoms with Crippen molar-refractivity contribution in [3.63, 3.8) is 0 Å². The van der Waals surface area contributed by atoms with Crippen LogP contribution in [-0.2, 0) is 13.0 Å². The summed E-state index contributed by atoms with van der Waals surface area (Å²) >= 11 is 0. The summed E-state index contributed by atoms with van der Waals surface area (Å²) in [6.07, 6.45) is 12.4. The molecular formula is C20H21FN4. The van der Waals surface area contributed by atoms with E-state index in [9.17, 15) is 4.39 Å². The smallest absolute Gasteiger partial charge is 0.138 e. The largest absolute Gasteiger partial charge is 0.340 e. The second kappa shape index (κ2) is 7.15. The summed E-state index contributed by atoms with van der Waals surface area (Å²) in [5, 5.41) is 3.31. The zero-order chi connectivity index (χ0) is 17.1. The maximum Gasteiger partial charge on any atom is 0.138 e. The first kappa shape index (κ1) is 16.0. The Labute approximate surface area is 147 Å². The van der Waals surface area contributed by atoms with Gasteiger partial charge in [-0.1, -0.05) is 24.3 Å². The molecule has 128 valence electrons. The van der Waals surface area contributed by atoms with Gasteiger partial charge in [0, 0.05) is 37.3 Å². The van der Waals surface area contributed by atoms with E-state index in [1.165, 1.54) is 12.1 Å². The number of fused-ring (bicyclic) bond motifs is 1. The van der Waals surface area contributed by atoms with E-state index in [1.54, 1.807) is 18.5 Å². The number of allylic oxidation sites excluding steroid dienone is 3. The Morgan fingerprint density at radius 3 is 2.84 bits per heavy atom. The highest BCUT2D eigenvalue weighted by molar-refractivity contribution is 5.60. The van der Waals surface area contributed by atoms with Gasteiger partial charge in [0.1, 0.15) is 18.0 Å². The molecule has 1 N–H and O–H groups in total. The van der Waals surface area contributed by atoms with Gasteiger partial charge < -0.3 is 5.32 Å². The highest BCUT2D eigenvalue weighted by Gasteiger charge is 2.22. The molecule has 0 fully saturated rings. The monoisotopic (exact) mass is 336 g/mol. The van der Waals surface area contributed by atoms with E-state index in [0.717, 1.165) is 55.2 Å². The standard InChI is InChI=1S/C20H21FN4/c21-16-6-8-17(9-7-16)24-20-18-13-25(11-10-19(18)22-14-23-20)12-15-4-2-1-3-5-15/h1-4,6-9,14-15H,5,10-13H2,(H,22,23,24). The molecule has 1 aromatic heterocycles. The van der Waals surface area contributed by atoms with Crippen molar-refractivity contribution in [3.05, 3.63) is 72.0 Å². The number of hydrogen-bond donors (Lipinski definition) is 1. The maximum absolute atomic E-state index is 13.1. The SMILES string of the molecule is Fc1ccc(Nc2ncnc3c2CN(CC2C=CC=CC2)CC3)cc1. The fourth-order valence-electron chi connectivity index (χ4n) is 3.43. The fourth-order valence-corrected chi connectivity index (χ4v) is 3.43. The zero-order valence-corrected chi connectivity index (χ0v) is 14.0. The molecule has 0 radical (unpaired) electrons. The summed E-state index contributed by atoms with van der Waals surface area (Å²) in [7, 11) is 0. The van der Waals surface area contributed by atoms with Gasteiger partial charge in [-0.25, -0.2) is 14.4 Å². The average Bonchev–Trinajstić information content (AvgIpc) is 2.65. The molecule has 2 aromatic rings. The quantitative estimate of drug-likeness (QED) is 0.921. The zero-order valence-electron chi connectivity index (χ0n) is 14.0. The molecule has 1 aromatic carbocycles. The molecule has 0 saturated heterocycles. The summed E-state index contributed by atoms with van der Waals surface area (Å²) in [5.41, 5.74) is 3.09. The predicted molar refractivity (Wildman–Crippen MR) is 97.1 cm³/mol. The number of benzene rings is 1. The predicted octanol–water partition coefficient (Wildman–Crippen LogP) is 3.85. The molecule has 0 bridgehead atoms. The summed E-state index contributed by atoms with van der Waals surface area (Å²) < 4.78 is 13.1. The van der Waals surface area contributed by atoms with Crippen molar-refractivity contribution in [1.82, 2.24) is 14.9 Å².